The number of hydrogen-bond acceptors (Lipinski definition) is 5. The quantitative estimate of drug-likeness (QED) is 0.901. The lowest BCUT2D eigenvalue weighted by atomic mass is 10.2. The summed E-state index contributed by atoms with van der Waals surface area (Å²) in [5, 5.41) is 9.80. The van der Waals surface area contributed by atoms with E-state index in [-0.39, 0.29) is 5.69 Å². The fraction of sp³-hybridized carbons (Fsp3) is 0.667. The third-order valence-corrected chi connectivity index (χ3v) is 4.56. The molecule has 1 aromatic heterocycles. The fourth-order valence-corrected chi connectivity index (χ4v) is 3.22. The van der Waals surface area contributed by atoms with Crippen LogP contribution in [0.1, 0.15) is 28.2 Å². The lowest BCUT2D eigenvalue weighted by Crippen LogP contribution is -2.36. The van der Waals surface area contributed by atoms with Gasteiger partial charge in [0.1, 0.15) is 0 Å². The van der Waals surface area contributed by atoms with Crippen LogP contribution in [0.25, 0.3) is 0 Å². The van der Waals surface area contributed by atoms with Crippen molar-refractivity contribution in [2.75, 3.05) is 32.1 Å². The number of carboxylic acids is 1. The van der Waals surface area contributed by atoms with Crippen molar-refractivity contribution < 1.29 is 9.90 Å². The molecular formula is C12H19N3O2S. The second-order valence-corrected chi connectivity index (χ2v) is 6.05. The van der Waals surface area contributed by atoms with Gasteiger partial charge in [0.05, 0.1) is 0 Å². The van der Waals surface area contributed by atoms with Crippen LogP contribution >= 0.6 is 11.3 Å². The van der Waals surface area contributed by atoms with E-state index in [1.165, 1.54) is 24.2 Å². The fourth-order valence-electron chi connectivity index (χ4n) is 2.35. The van der Waals surface area contributed by atoms with Crippen LogP contribution in [0.15, 0.2) is 0 Å². The maximum atomic E-state index is 11.0. The molecule has 1 saturated heterocycles. The lowest BCUT2D eigenvalue weighted by molar-refractivity contribution is 0.0690. The Morgan fingerprint density at radius 2 is 2.39 bits per heavy atom. The molecule has 6 heteroatoms. The highest BCUT2D eigenvalue weighted by molar-refractivity contribution is 7.15. The van der Waals surface area contributed by atoms with Gasteiger partial charge in [-0.2, -0.15) is 0 Å². The van der Waals surface area contributed by atoms with Gasteiger partial charge < -0.3 is 14.9 Å². The van der Waals surface area contributed by atoms with Crippen LogP contribution in [0.4, 0.5) is 5.13 Å². The number of hydrogen-bond donors (Lipinski definition) is 1. The Balaban J connectivity index is 2.06. The van der Waals surface area contributed by atoms with Gasteiger partial charge >= 0.3 is 5.97 Å². The van der Waals surface area contributed by atoms with E-state index in [4.69, 9.17) is 5.11 Å². The molecule has 18 heavy (non-hydrogen) atoms. The first kappa shape index (κ1) is 13.3. The molecule has 1 unspecified atom stereocenters. The molecule has 1 aliphatic heterocycles. The molecule has 1 aromatic rings. The zero-order chi connectivity index (χ0) is 13.3. The molecule has 2 rings (SSSR count). The molecule has 1 aliphatic rings. The zero-order valence-electron chi connectivity index (χ0n) is 11.0. The van der Waals surface area contributed by atoms with Crippen LogP contribution in [-0.4, -0.2) is 54.2 Å². The van der Waals surface area contributed by atoms with E-state index >= 15 is 0 Å². The van der Waals surface area contributed by atoms with Crippen molar-refractivity contribution in [3.05, 3.63) is 10.6 Å². The highest BCUT2D eigenvalue weighted by atomic mass is 32.1. The average molecular weight is 269 g/mol. The van der Waals surface area contributed by atoms with E-state index in [0.29, 0.717) is 6.04 Å². The van der Waals surface area contributed by atoms with Gasteiger partial charge in [0.25, 0.3) is 0 Å². The van der Waals surface area contributed by atoms with Crippen LogP contribution in [0.3, 0.4) is 0 Å². The first-order valence-corrected chi connectivity index (χ1v) is 6.92. The van der Waals surface area contributed by atoms with E-state index in [9.17, 15) is 4.79 Å². The summed E-state index contributed by atoms with van der Waals surface area (Å²) in [4.78, 5) is 20.4. The monoisotopic (exact) mass is 269 g/mol. The Morgan fingerprint density at radius 3 is 2.89 bits per heavy atom. The Bertz CT molecular complexity index is 447. The van der Waals surface area contributed by atoms with E-state index in [1.807, 2.05) is 7.05 Å². The Hall–Kier alpha value is -1.14. The third-order valence-electron chi connectivity index (χ3n) is 3.47. The predicted octanol–water partition coefficient (Wildman–Crippen LogP) is 1.68. The molecule has 0 spiro atoms. The summed E-state index contributed by atoms with van der Waals surface area (Å²) in [6.07, 6.45) is 2.45. The van der Waals surface area contributed by atoms with Gasteiger partial charge in [-0.25, -0.2) is 9.78 Å². The van der Waals surface area contributed by atoms with E-state index in [1.54, 1.807) is 6.92 Å². The number of anilines is 1. The molecule has 1 N–H and O–H groups in total. The summed E-state index contributed by atoms with van der Waals surface area (Å²) in [7, 11) is 4.12. The van der Waals surface area contributed by atoms with Crippen molar-refractivity contribution in [1.82, 2.24) is 9.88 Å². The summed E-state index contributed by atoms with van der Waals surface area (Å²) in [6, 6.07) is 0.549. The zero-order valence-corrected chi connectivity index (χ0v) is 11.8. The van der Waals surface area contributed by atoms with Crippen LogP contribution in [0.5, 0.6) is 0 Å². The van der Waals surface area contributed by atoms with E-state index < -0.39 is 5.97 Å². The van der Waals surface area contributed by atoms with Crippen LogP contribution < -0.4 is 4.90 Å². The smallest absolute Gasteiger partial charge is 0.355 e. The van der Waals surface area contributed by atoms with Crippen LogP contribution in [-0.2, 0) is 0 Å². The maximum absolute atomic E-state index is 11.0. The molecule has 5 nitrogen and oxygen atoms in total. The van der Waals surface area contributed by atoms with Crippen molar-refractivity contribution in [1.29, 1.82) is 0 Å². The second-order valence-electron chi connectivity index (χ2n) is 4.86. The summed E-state index contributed by atoms with van der Waals surface area (Å²) in [5.41, 5.74) is 0.182. The Morgan fingerprint density at radius 1 is 1.67 bits per heavy atom. The van der Waals surface area contributed by atoms with Gasteiger partial charge in [0.2, 0.25) is 0 Å². The Kier molecular flexibility index (Phi) is 3.87. The molecule has 100 valence electrons. The normalized spacial score (nSPS) is 20.3. The molecule has 2 heterocycles. The van der Waals surface area contributed by atoms with Crippen molar-refractivity contribution in [3.63, 3.8) is 0 Å². The van der Waals surface area contributed by atoms with E-state index in [0.717, 1.165) is 23.1 Å². The van der Waals surface area contributed by atoms with Gasteiger partial charge in [0.15, 0.2) is 10.8 Å². The third kappa shape index (κ3) is 2.64. The number of aromatic nitrogens is 1. The molecular weight excluding hydrogens is 250 g/mol. The van der Waals surface area contributed by atoms with Crippen molar-refractivity contribution in [2.24, 2.45) is 0 Å². The summed E-state index contributed by atoms with van der Waals surface area (Å²) in [6.45, 7) is 3.86. The highest BCUT2D eigenvalue weighted by Crippen LogP contribution is 2.26. The van der Waals surface area contributed by atoms with Crippen molar-refractivity contribution in [2.45, 2.75) is 25.8 Å². The largest absolute Gasteiger partial charge is 0.476 e. The standard InChI is InChI=1S/C12H19N3O2S/c1-8-10(11(16)17)13-12(18-8)15(3)7-9-5-4-6-14(9)2/h9H,4-7H2,1-3H3,(H,16,17). The first-order chi connectivity index (χ1) is 8.49. The van der Waals surface area contributed by atoms with Crippen molar-refractivity contribution >= 4 is 22.4 Å². The number of nitrogens with zero attached hydrogens (tertiary/aromatic N) is 3. The molecule has 1 atom stereocenters. The number of rotatable bonds is 4. The summed E-state index contributed by atoms with van der Waals surface area (Å²) < 4.78 is 0. The predicted molar refractivity (Wildman–Crippen MR) is 72.7 cm³/mol. The summed E-state index contributed by atoms with van der Waals surface area (Å²) in [5.74, 6) is -0.943. The molecule has 1 fully saturated rings. The van der Waals surface area contributed by atoms with Crippen molar-refractivity contribution in [3.8, 4) is 0 Å². The van der Waals surface area contributed by atoms with Gasteiger partial charge in [-0.05, 0) is 33.4 Å². The first-order valence-electron chi connectivity index (χ1n) is 6.11. The molecule has 0 aliphatic carbocycles. The van der Waals surface area contributed by atoms with Gasteiger partial charge in [-0.1, -0.05) is 0 Å². The number of carboxylic acid groups (broad SMARTS) is 1. The minimum absolute atomic E-state index is 0.182. The van der Waals surface area contributed by atoms with Crippen LogP contribution in [0.2, 0.25) is 0 Å². The minimum atomic E-state index is -0.943. The molecule has 0 amide bonds. The number of aryl methyl sites for hydroxylation is 1. The number of thiazole rings is 1. The number of aromatic carboxylic acids is 1. The average Bonchev–Trinajstić information content (AvgIpc) is 2.86. The topological polar surface area (TPSA) is 56.7 Å². The summed E-state index contributed by atoms with van der Waals surface area (Å²) >= 11 is 1.45. The second kappa shape index (κ2) is 5.24. The number of likely N-dealkylation sites (N-methyl/N-ethyl adjacent to an activating group) is 2. The molecule has 0 radical (unpaired) electrons. The highest BCUT2D eigenvalue weighted by Gasteiger charge is 2.24. The Labute approximate surface area is 111 Å². The molecule has 0 aromatic carbocycles. The lowest BCUT2D eigenvalue weighted by Gasteiger charge is -2.25. The van der Waals surface area contributed by atoms with Crippen LogP contribution in [0, 0.1) is 6.92 Å². The van der Waals surface area contributed by atoms with Gasteiger partial charge in [-0.3, -0.25) is 0 Å². The molecule has 0 saturated carbocycles. The molecule has 0 bridgehead atoms. The minimum Gasteiger partial charge on any atom is -0.476 e. The number of carbonyl (C=O) groups is 1. The van der Waals surface area contributed by atoms with Gasteiger partial charge in [0, 0.05) is 24.5 Å². The van der Waals surface area contributed by atoms with Gasteiger partial charge in [-0.15, -0.1) is 11.3 Å². The van der Waals surface area contributed by atoms with E-state index in [2.05, 4.69) is 21.8 Å². The SMILES string of the molecule is Cc1sc(N(C)CC2CCCN2C)nc1C(=O)O. The maximum Gasteiger partial charge on any atom is 0.355 e. The number of likely N-dealkylation sites (tertiary alicyclic amines) is 1.